The van der Waals surface area contributed by atoms with E-state index < -0.39 is 0 Å². The molecule has 0 unspecified atom stereocenters. The molecule has 2 heterocycles. The van der Waals surface area contributed by atoms with Crippen LogP contribution in [0.25, 0.3) is 10.3 Å². The lowest BCUT2D eigenvalue weighted by Crippen LogP contribution is -1.94. The summed E-state index contributed by atoms with van der Waals surface area (Å²) >= 11 is 1.52. The van der Waals surface area contributed by atoms with Gasteiger partial charge in [0.15, 0.2) is 4.83 Å². The third-order valence-electron chi connectivity index (χ3n) is 1.71. The third-order valence-corrected chi connectivity index (χ3v) is 2.43. The van der Waals surface area contributed by atoms with Crippen LogP contribution in [0.2, 0.25) is 0 Å². The van der Waals surface area contributed by atoms with Gasteiger partial charge in [0.05, 0.1) is 11.2 Å². The predicted octanol–water partition coefficient (Wildman–Crippen LogP) is 2.21. The van der Waals surface area contributed by atoms with Crippen LogP contribution >= 0.6 is 11.3 Å². The Balaban J connectivity index is 2.60. The van der Waals surface area contributed by atoms with Crippen LogP contribution in [-0.2, 0) is 0 Å². The van der Waals surface area contributed by atoms with E-state index in [0.717, 1.165) is 16.0 Å². The van der Waals surface area contributed by atoms with Crippen LogP contribution in [0.4, 0.5) is 0 Å². The SMILES string of the molecule is CC(C)c1cc2ncsc2nn1. The van der Waals surface area contributed by atoms with Gasteiger partial charge < -0.3 is 0 Å². The summed E-state index contributed by atoms with van der Waals surface area (Å²) in [6, 6.07) is 2.00. The van der Waals surface area contributed by atoms with Crippen molar-refractivity contribution in [1.82, 2.24) is 15.2 Å². The lowest BCUT2D eigenvalue weighted by atomic mass is 10.1. The van der Waals surface area contributed by atoms with E-state index in [2.05, 4.69) is 29.0 Å². The van der Waals surface area contributed by atoms with Gasteiger partial charge >= 0.3 is 0 Å². The van der Waals surface area contributed by atoms with Crippen LogP contribution in [0.15, 0.2) is 11.6 Å². The van der Waals surface area contributed by atoms with Crippen molar-refractivity contribution in [2.24, 2.45) is 0 Å². The zero-order chi connectivity index (χ0) is 8.55. The van der Waals surface area contributed by atoms with Crippen LogP contribution in [-0.4, -0.2) is 15.2 Å². The highest BCUT2D eigenvalue weighted by Crippen LogP contribution is 2.17. The van der Waals surface area contributed by atoms with E-state index in [9.17, 15) is 0 Å². The maximum absolute atomic E-state index is 4.18. The monoisotopic (exact) mass is 179 g/mol. The van der Waals surface area contributed by atoms with E-state index in [4.69, 9.17) is 0 Å². The first-order chi connectivity index (χ1) is 5.77. The van der Waals surface area contributed by atoms with Crippen LogP contribution in [0, 0.1) is 0 Å². The average molecular weight is 179 g/mol. The van der Waals surface area contributed by atoms with Crippen molar-refractivity contribution in [3.8, 4) is 0 Å². The Labute approximate surface area is 74.5 Å². The molecule has 12 heavy (non-hydrogen) atoms. The van der Waals surface area contributed by atoms with E-state index >= 15 is 0 Å². The van der Waals surface area contributed by atoms with Crippen molar-refractivity contribution in [1.29, 1.82) is 0 Å². The summed E-state index contributed by atoms with van der Waals surface area (Å²) in [5.74, 6) is 0.420. The Morgan fingerprint density at radius 1 is 1.33 bits per heavy atom. The quantitative estimate of drug-likeness (QED) is 0.673. The third kappa shape index (κ3) is 1.18. The summed E-state index contributed by atoms with van der Waals surface area (Å²) in [4.78, 5) is 5.09. The maximum atomic E-state index is 4.18. The fraction of sp³-hybridized carbons (Fsp3) is 0.375. The van der Waals surface area contributed by atoms with E-state index in [1.807, 2.05) is 6.07 Å². The lowest BCUT2D eigenvalue weighted by molar-refractivity contribution is 0.795. The molecule has 3 nitrogen and oxygen atoms in total. The molecule has 2 aromatic rings. The highest BCUT2D eigenvalue weighted by molar-refractivity contribution is 7.16. The summed E-state index contributed by atoms with van der Waals surface area (Å²) in [5.41, 5.74) is 3.76. The molecule has 0 aliphatic rings. The Bertz CT molecular complexity index is 394. The largest absolute Gasteiger partial charge is 0.243 e. The van der Waals surface area contributed by atoms with Crippen molar-refractivity contribution >= 4 is 21.7 Å². The number of nitrogens with zero attached hydrogens (tertiary/aromatic N) is 3. The predicted molar refractivity (Wildman–Crippen MR) is 49.3 cm³/mol. The highest BCUT2D eigenvalue weighted by Gasteiger charge is 2.04. The van der Waals surface area contributed by atoms with Gasteiger partial charge in [-0.2, -0.15) is 5.10 Å². The minimum atomic E-state index is 0.420. The summed E-state index contributed by atoms with van der Waals surface area (Å²) < 4.78 is 0. The second-order valence-electron chi connectivity index (χ2n) is 2.97. The maximum Gasteiger partial charge on any atom is 0.166 e. The van der Waals surface area contributed by atoms with E-state index in [1.165, 1.54) is 11.3 Å². The molecule has 0 radical (unpaired) electrons. The molecule has 0 aliphatic heterocycles. The zero-order valence-corrected chi connectivity index (χ0v) is 7.80. The smallest absolute Gasteiger partial charge is 0.166 e. The van der Waals surface area contributed by atoms with Crippen LogP contribution in [0.5, 0.6) is 0 Å². The molecule has 0 N–H and O–H groups in total. The first-order valence-corrected chi connectivity index (χ1v) is 4.72. The minimum Gasteiger partial charge on any atom is -0.243 e. The number of rotatable bonds is 1. The number of hydrogen-bond donors (Lipinski definition) is 0. The van der Waals surface area contributed by atoms with Gasteiger partial charge in [-0.25, -0.2) is 4.98 Å². The highest BCUT2D eigenvalue weighted by atomic mass is 32.1. The van der Waals surface area contributed by atoms with Gasteiger partial charge in [-0.15, -0.1) is 16.4 Å². The normalized spacial score (nSPS) is 11.2. The van der Waals surface area contributed by atoms with Crippen molar-refractivity contribution in [2.75, 3.05) is 0 Å². The van der Waals surface area contributed by atoms with Gasteiger partial charge in [0.1, 0.15) is 5.52 Å². The Hall–Kier alpha value is -1.03. The van der Waals surface area contributed by atoms with E-state index in [0.29, 0.717) is 5.92 Å². The molecule has 0 amide bonds. The topological polar surface area (TPSA) is 38.7 Å². The summed E-state index contributed by atoms with van der Waals surface area (Å²) in [6.07, 6.45) is 0. The first kappa shape index (κ1) is 7.61. The molecule has 4 heteroatoms. The molecule has 0 aliphatic carbocycles. The van der Waals surface area contributed by atoms with E-state index in [-0.39, 0.29) is 0 Å². The summed E-state index contributed by atoms with van der Waals surface area (Å²) in [6.45, 7) is 4.20. The van der Waals surface area contributed by atoms with Crippen molar-refractivity contribution < 1.29 is 0 Å². The Morgan fingerprint density at radius 2 is 2.17 bits per heavy atom. The van der Waals surface area contributed by atoms with Crippen molar-refractivity contribution in [2.45, 2.75) is 19.8 Å². The standard InChI is InChI=1S/C8H9N3S/c1-5(2)6-3-7-8(11-10-6)12-4-9-7/h3-5H,1-2H3. The van der Waals surface area contributed by atoms with Gasteiger partial charge in [-0.1, -0.05) is 13.8 Å². The molecule has 2 aromatic heterocycles. The molecular formula is C8H9N3S. The fourth-order valence-electron chi connectivity index (χ4n) is 0.977. The van der Waals surface area contributed by atoms with Crippen molar-refractivity contribution in [3.63, 3.8) is 0 Å². The van der Waals surface area contributed by atoms with E-state index in [1.54, 1.807) is 5.51 Å². The minimum absolute atomic E-state index is 0.420. The fourth-order valence-corrected chi connectivity index (χ4v) is 1.56. The first-order valence-electron chi connectivity index (χ1n) is 3.84. The molecule has 0 aromatic carbocycles. The summed E-state index contributed by atoms with van der Waals surface area (Å²) in [5, 5.41) is 8.17. The second-order valence-corrected chi connectivity index (χ2v) is 3.80. The van der Waals surface area contributed by atoms with Gasteiger partial charge in [-0.3, -0.25) is 0 Å². The van der Waals surface area contributed by atoms with Gasteiger partial charge in [0.25, 0.3) is 0 Å². The number of aromatic nitrogens is 3. The number of thiazole rings is 1. The average Bonchev–Trinajstić information content (AvgIpc) is 2.49. The number of fused-ring (bicyclic) bond motifs is 1. The molecule has 0 spiro atoms. The molecule has 0 fully saturated rings. The van der Waals surface area contributed by atoms with Crippen LogP contribution < -0.4 is 0 Å². The Morgan fingerprint density at radius 3 is 2.92 bits per heavy atom. The number of hydrogen-bond acceptors (Lipinski definition) is 4. The van der Waals surface area contributed by atoms with Gasteiger partial charge in [-0.05, 0) is 12.0 Å². The van der Waals surface area contributed by atoms with Gasteiger partial charge in [0.2, 0.25) is 0 Å². The second kappa shape index (κ2) is 2.79. The molecule has 0 bridgehead atoms. The molecule has 2 rings (SSSR count). The zero-order valence-electron chi connectivity index (χ0n) is 6.98. The summed E-state index contributed by atoms with van der Waals surface area (Å²) in [7, 11) is 0. The molecule has 0 atom stereocenters. The van der Waals surface area contributed by atoms with Gasteiger partial charge in [0, 0.05) is 0 Å². The van der Waals surface area contributed by atoms with Crippen molar-refractivity contribution in [3.05, 3.63) is 17.3 Å². The molecule has 0 saturated heterocycles. The Kier molecular flexibility index (Phi) is 1.77. The lowest BCUT2D eigenvalue weighted by Gasteiger charge is -2.00. The molecular weight excluding hydrogens is 170 g/mol. The molecule has 62 valence electrons. The van der Waals surface area contributed by atoms with Crippen LogP contribution in [0.3, 0.4) is 0 Å². The molecule has 0 saturated carbocycles. The van der Waals surface area contributed by atoms with Crippen LogP contribution in [0.1, 0.15) is 25.5 Å².